The van der Waals surface area contributed by atoms with Crippen LogP contribution in [0.15, 0.2) is 6.07 Å². The molecule has 0 saturated carbocycles. The van der Waals surface area contributed by atoms with Gasteiger partial charge in [0.1, 0.15) is 5.82 Å². The van der Waals surface area contributed by atoms with Crippen molar-refractivity contribution >= 4 is 18.2 Å². The van der Waals surface area contributed by atoms with Crippen LogP contribution in [0, 0.1) is 6.92 Å². The Morgan fingerprint density at radius 1 is 1.20 bits per heavy atom. The van der Waals surface area contributed by atoms with Crippen LogP contribution in [0.1, 0.15) is 26.5 Å². The molecule has 1 amide bonds. The van der Waals surface area contributed by atoms with Crippen LogP contribution in [0.25, 0.3) is 0 Å². The molecule has 1 saturated heterocycles. The molecule has 1 aromatic heterocycles. The van der Waals surface area contributed by atoms with Gasteiger partial charge in [0.25, 0.3) is 0 Å². The fourth-order valence-electron chi connectivity index (χ4n) is 2.16. The number of aromatic nitrogens is 2. The Morgan fingerprint density at radius 2 is 1.85 bits per heavy atom. The zero-order valence-electron chi connectivity index (χ0n) is 12.7. The van der Waals surface area contributed by atoms with E-state index < -0.39 is 0 Å². The van der Waals surface area contributed by atoms with Crippen molar-refractivity contribution in [3.8, 4) is 0 Å². The van der Waals surface area contributed by atoms with Gasteiger partial charge in [-0.15, -0.1) is 0 Å². The van der Waals surface area contributed by atoms with Crippen molar-refractivity contribution in [2.75, 3.05) is 36.4 Å². The summed E-state index contributed by atoms with van der Waals surface area (Å²) in [6.07, 6.45) is 0.912. The fraction of sp³-hybridized carbons (Fsp3) is 0.643. The Kier molecular flexibility index (Phi) is 4.11. The highest BCUT2D eigenvalue weighted by Crippen LogP contribution is 2.18. The Balaban J connectivity index is 2.14. The molecule has 0 unspecified atom stereocenters. The molecule has 1 N–H and O–H groups in total. The van der Waals surface area contributed by atoms with Crippen molar-refractivity contribution in [2.45, 2.75) is 33.2 Å². The average molecular weight is 277 g/mol. The van der Waals surface area contributed by atoms with E-state index in [2.05, 4.69) is 41.0 Å². The van der Waals surface area contributed by atoms with Crippen LogP contribution in [0.3, 0.4) is 0 Å². The summed E-state index contributed by atoms with van der Waals surface area (Å²) >= 11 is 0. The van der Waals surface area contributed by atoms with Gasteiger partial charge >= 0.3 is 0 Å². The molecule has 20 heavy (non-hydrogen) atoms. The number of carbonyl (C=O) groups is 1. The highest BCUT2D eigenvalue weighted by molar-refractivity contribution is 5.50. The van der Waals surface area contributed by atoms with Crippen LogP contribution in [-0.4, -0.2) is 53.0 Å². The third kappa shape index (κ3) is 3.82. The van der Waals surface area contributed by atoms with Crippen molar-refractivity contribution in [2.24, 2.45) is 0 Å². The smallest absolute Gasteiger partial charge is 0.225 e. The van der Waals surface area contributed by atoms with Crippen molar-refractivity contribution in [1.82, 2.24) is 14.9 Å². The van der Waals surface area contributed by atoms with Gasteiger partial charge in [-0.05, 0) is 27.7 Å². The highest BCUT2D eigenvalue weighted by atomic mass is 16.1. The van der Waals surface area contributed by atoms with E-state index in [4.69, 9.17) is 0 Å². The average Bonchev–Trinajstić information content (AvgIpc) is 2.36. The minimum absolute atomic E-state index is 0.0682. The van der Waals surface area contributed by atoms with E-state index in [0.717, 1.165) is 44.1 Å². The van der Waals surface area contributed by atoms with Gasteiger partial charge in [0.05, 0.1) is 0 Å². The second-order valence-electron chi connectivity index (χ2n) is 6.19. The molecule has 2 rings (SSSR count). The second-order valence-corrected chi connectivity index (χ2v) is 6.19. The summed E-state index contributed by atoms with van der Waals surface area (Å²) in [6.45, 7) is 11.3. The maximum absolute atomic E-state index is 10.7. The van der Waals surface area contributed by atoms with Crippen LogP contribution in [0.2, 0.25) is 0 Å². The van der Waals surface area contributed by atoms with Gasteiger partial charge in [0.15, 0.2) is 0 Å². The summed E-state index contributed by atoms with van der Waals surface area (Å²) in [6, 6.07) is 1.99. The molecular weight excluding hydrogens is 254 g/mol. The van der Waals surface area contributed by atoms with Crippen molar-refractivity contribution in [3.63, 3.8) is 0 Å². The van der Waals surface area contributed by atoms with Crippen LogP contribution < -0.4 is 10.2 Å². The molecular formula is C14H23N5O. The SMILES string of the molecule is Cc1cc(N2CCN(C=O)CC2)nc(NC(C)(C)C)n1. The number of anilines is 2. The molecule has 0 aromatic carbocycles. The predicted molar refractivity (Wildman–Crippen MR) is 80.0 cm³/mol. The first-order chi connectivity index (χ1) is 9.37. The first kappa shape index (κ1) is 14.6. The first-order valence-corrected chi connectivity index (χ1v) is 6.95. The summed E-state index contributed by atoms with van der Waals surface area (Å²) in [7, 11) is 0. The van der Waals surface area contributed by atoms with Gasteiger partial charge in [0.2, 0.25) is 12.4 Å². The van der Waals surface area contributed by atoms with Crippen LogP contribution in [0.4, 0.5) is 11.8 Å². The first-order valence-electron chi connectivity index (χ1n) is 6.95. The topological polar surface area (TPSA) is 61.4 Å². The third-order valence-corrected chi connectivity index (χ3v) is 3.11. The molecule has 1 aromatic rings. The van der Waals surface area contributed by atoms with Gasteiger partial charge in [-0.25, -0.2) is 4.98 Å². The van der Waals surface area contributed by atoms with Crippen molar-refractivity contribution in [3.05, 3.63) is 11.8 Å². The molecule has 0 spiro atoms. The number of hydrogen-bond donors (Lipinski definition) is 1. The van der Waals surface area contributed by atoms with Gasteiger partial charge in [-0.2, -0.15) is 4.98 Å². The van der Waals surface area contributed by atoms with E-state index in [1.165, 1.54) is 0 Å². The fourth-order valence-corrected chi connectivity index (χ4v) is 2.16. The van der Waals surface area contributed by atoms with E-state index in [1.807, 2.05) is 13.0 Å². The second kappa shape index (κ2) is 5.64. The summed E-state index contributed by atoms with van der Waals surface area (Å²) in [4.78, 5) is 23.7. The molecule has 0 aliphatic carbocycles. The molecule has 1 aliphatic heterocycles. The number of nitrogens with one attached hydrogen (secondary N) is 1. The lowest BCUT2D eigenvalue weighted by molar-refractivity contribution is -0.118. The van der Waals surface area contributed by atoms with E-state index in [9.17, 15) is 4.79 Å². The summed E-state index contributed by atoms with van der Waals surface area (Å²) in [5.41, 5.74) is 0.876. The molecule has 6 nitrogen and oxygen atoms in total. The van der Waals surface area contributed by atoms with Crippen molar-refractivity contribution < 1.29 is 4.79 Å². The number of carbonyl (C=O) groups excluding carboxylic acids is 1. The Morgan fingerprint density at radius 3 is 2.40 bits per heavy atom. The standard InChI is InChI=1S/C14H23N5O/c1-11-9-12(16-13(15-11)17-14(2,3)4)19-7-5-18(10-20)6-8-19/h9-10H,5-8H2,1-4H3,(H,15,16,17). The monoisotopic (exact) mass is 277 g/mol. The largest absolute Gasteiger partial charge is 0.353 e. The highest BCUT2D eigenvalue weighted by Gasteiger charge is 2.19. The molecule has 2 heterocycles. The normalized spacial score (nSPS) is 16.2. The Bertz CT molecular complexity index is 475. The number of rotatable bonds is 3. The summed E-state index contributed by atoms with van der Waals surface area (Å²) in [5, 5.41) is 3.31. The lowest BCUT2D eigenvalue weighted by atomic mass is 10.1. The summed E-state index contributed by atoms with van der Waals surface area (Å²) in [5.74, 6) is 1.58. The summed E-state index contributed by atoms with van der Waals surface area (Å²) < 4.78 is 0. The van der Waals surface area contributed by atoms with Crippen LogP contribution >= 0.6 is 0 Å². The maximum Gasteiger partial charge on any atom is 0.225 e. The van der Waals surface area contributed by atoms with Gasteiger partial charge in [-0.1, -0.05) is 0 Å². The van der Waals surface area contributed by atoms with Gasteiger partial charge in [0, 0.05) is 43.5 Å². The zero-order chi connectivity index (χ0) is 14.8. The lowest BCUT2D eigenvalue weighted by Crippen LogP contribution is -2.46. The Labute approximate surface area is 120 Å². The van der Waals surface area contributed by atoms with Crippen LogP contribution in [-0.2, 0) is 4.79 Å². The number of hydrogen-bond acceptors (Lipinski definition) is 5. The van der Waals surface area contributed by atoms with Crippen molar-refractivity contribution in [1.29, 1.82) is 0 Å². The van der Waals surface area contributed by atoms with E-state index in [-0.39, 0.29) is 5.54 Å². The van der Waals surface area contributed by atoms with E-state index in [1.54, 1.807) is 4.90 Å². The van der Waals surface area contributed by atoms with E-state index in [0.29, 0.717) is 5.95 Å². The third-order valence-electron chi connectivity index (χ3n) is 3.11. The molecule has 1 fully saturated rings. The lowest BCUT2D eigenvalue weighted by Gasteiger charge is -2.33. The Hall–Kier alpha value is -1.85. The maximum atomic E-state index is 10.7. The number of piperazine rings is 1. The molecule has 0 radical (unpaired) electrons. The molecule has 1 aliphatic rings. The molecule has 0 bridgehead atoms. The quantitative estimate of drug-likeness (QED) is 0.843. The number of aryl methyl sites for hydroxylation is 1. The number of amides is 1. The van der Waals surface area contributed by atoms with Gasteiger partial charge < -0.3 is 15.1 Å². The minimum Gasteiger partial charge on any atom is -0.353 e. The minimum atomic E-state index is -0.0682. The van der Waals surface area contributed by atoms with Gasteiger partial charge in [-0.3, -0.25) is 4.79 Å². The number of nitrogens with zero attached hydrogens (tertiary/aromatic N) is 4. The predicted octanol–water partition coefficient (Wildman–Crippen LogP) is 1.27. The zero-order valence-corrected chi connectivity index (χ0v) is 12.7. The van der Waals surface area contributed by atoms with Crippen LogP contribution in [0.5, 0.6) is 0 Å². The van der Waals surface area contributed by atoms with E-state index >= 15 is 0 Å². The molecule has 110 valence electrons. The molecule has 6 heteroatoms. The molecule has 0 atom stereocenters.